The summed E-state index contributed by atoms with van der Waals surface area (Å²) >= 11 is 0. The number of anilines is 1. The second-order valence-electron chi connectivity index (χ2n) is 9.15. The van der Waals surface area contributed by atoms with E-state index in [9.17, 15) is 9.18 Å². The van der Waals surface area contributed by atoms with Crippen LogP contribution in [0.5, 0.6) is 5.75 Å². The average Bonchev–Trinajstić information content (AvgIpc) is 2.72. The number of carbonyl (C=O) groups is 1. The second kappa shape index (κ2) is 10.7. The van der Waals surface area contributed by atoms with Crippen LogP contribution in [0.3, 0.4) is 0 Å². The van der Waals surface area contributed by atoms with Crippen LogP contribution in [0.2, 0.25) is 0 Å². The standard InChI is InChI=1S/C25H34FN3O2/c1-25(2,3)20-8-10-23(11-9-20)31-17-5-12-28-13-15-29(16-14-28)19-24(30)27-22-7-4-6-21(26)18-22/h4,6-11,18H,5,12-17,19H2,1-3H3,(H,27,30). The average molecular weight is 428 g/mol. The van der Waals surface area contributed by atoms with Gasteiger partial charge < -0.3 is 15.0 Å². The second-order valence-corrected chi connectivity index (χ2v) is 9.15. The molecule has 1 fully saturated rings. The van der Waals surface area contributed by atoms with Gasteiger partial charge in [-0.25, -0.2) is 4.39 Å². The summed E-state index contributed by atoms with van der Waals surface area (Å²) in [5.41, 5.74) is 1.96. The summed E-state index contributed by atoms with van der Waals surface area (Å²) in [7, 11) is 0. The van der Waals surface area contributed by atoms with Gasteiger partial charge in [-0.3, -0.25) is 9.69 Å². The maximum atomic E-state index is 13.2. The highest BCUT2D eigenvalue weighted by molar-refractivity contribution is 5.92. The maximum Gasteiger partial charge on any atom is 0.238 e. The summed E-state index contributed by atoms with van der Waals surface area (Å²) in [5.74, 6) is 0.462. The van der Waals surface area contributed by atoms with Gasteiger partial charge in [0, 0.05) is 38.4 Å². The molecular weight excluding hydrogens is 393 g/mol. The van der Waals surface area contributed by atoms with Gasteiger partial charge in [0.15, 0.2) is 0 Å². The third-order valence-corrected chi connectivity index (χ3v) is 5.55. The van der Waals surface area contributed by atoms with E-state index >= 15 is 0 Å². The van der Waals surface area contributed by atoms with Crippen LogP contribution in [0.1, 0.15) is 32.8 Å². The summed E-state index contributed by atoms with van der Waals surface area (Å²) in [6.45, 7) is 12.2. The molecule has 0 unspecified atom stereocenters. The molecule has 1 amide bonds. The molecule has 0 radical (unpaired) electrons. The van der Waals surface area contributed by atoms with E-state index in [0.717, 1.165) is 44.9 Å². The van der Waals surface area contributed by atoms with Crippen molar-refractivity contribution < 1.29 is 13.9 Å². The van der Waals surface area contributed by atoms with E-state index in [4.69, 9.17) is 4.74 Å². The minimum absolute atomic E-state index is 0.107. The molecule has 0 atom stereocenters. The number of carbonyl (C=O) groups excluding carboxylic acids is 1. The van der Waals surface area contributed by atoms with Crippen LogP contribution < -0.4 is 10.1 Å². The van der Waals surface area contributed by atoms with Gasteiger partial charge in [-0.1, -0.05) is 39.0 Å². The fourth-order valence-electron chi connectivity index (χ4n) is 3.67. The molecule has 1 saturated heterocycles. The molecule has 2 aromatic carbocycles. The van der Waals surface area contributed by atoms with Gasteiger partial charge in [-0.15, -0.1) is 0 Å². The highest BCUT2D eigenvalue weighted by Crippen LogP contribution is 2.24. The molecule has 1 aliphatic heterocycles. The van der Waals surface area contributed by atoms with Gasteiger partial charge >= 0.3 is 0 Å². The predicted molar refractivity (Wildman–Crippen MR) is 123 cm³/mol. The zero-order valence-electron chi connectivity index (χ0n) is 18.9. The molecule has 5 nitrogen and oxygen atoms in total. The molecule has 1 N–H and O–H groups in total. The molecule has 2 aromatic rings. The lowest BCUT2D eigenvalue weighted by atomic mass is 9.87. The third-order valence-electron chi connectivity index (χ3n) is 5.55. The Bertz CT molecular complexity index is 841. The highest BCUT2D eigenvalue weighted by atomic mass is 19.1. The Morgan fingerprint density at radius 1 is 1.03 bits per heavy atom. The van der Waals surface area contributed by atoms with E-state index in [1.807, 2.05) is 12.1 Å². The number of ether oxygens (including phenoxy) is 1. The van der Waals surface area contributed by atoms with Crippen molar-refractivity contribution >= 4 is 11.6 Å². The number of nitrogens with zero attached hydrogens (tertiary/aromatic N) is 2. The van der Waals surface area contributed by atoms with E-state index < -0.39 is 0 Å². The molecule has 31 heavy (non-hydrogen) atoms. The summed E-state index contributed by atoms with van der Waals surface area (Å²) in [6.07, 6.45) is 0.973. The molecule has 3 rings (SSSR count). The lowest BCUT2D eigenvalue weighted by Gasteiger charge is -2.34. The van der Waals surface area contributed by atoms with Crippen LogP contribution >= 0.6 is 0 Å². The van der Waals surface area contributed by atoms with Gasteiger partial charge in [0.2, 0.25) is 5.91 Å². The SMILES string of the molecule is CC(C)(C)c1ccc(OCCCN2CCN(CC(=O)Nc3cccc(F)c3)CC2)cc1. The zero-order valence-corrected chi connectivity index (χ0v) is 18.9. The normalized spacial score (nSPS) is 15.6. The number of amides is 1. The van der Waals surface area contributed by atoms with Gasteiger partial charge in [0.1, 0.15) is 11.6 Å². The van der Waals surface area contributed by atoms with Gasteiger partial charge in [0.25, 0.3) is 0 Å². The molecule has 0 spiro atoms. The fourth-order valence-corrected chi connectivity index (χ4v) is 3.67. The van der Waals surface area contributed by atoms with Crippen molar-refractivity contribution in [2.75, 3.05) is 51.2 Å². The molecule has 168 valence electrons. The Labute approximate surface area is 185 Å². The van der Waals surface area contributed by atoms with E-state index in [0.29, 0.717) is 18.8 Å². The molecule has 0 aromatic heterocycles. The quantitative estimate of drug-likeness (QED) is 0.643. The molecule has 0 saturated carbocycles. The smallest absolute Gasteiger partial charge is 0.238 e. The summed E-state index contributed by atoms with van der Waals surface area (Å²) in [6, 6.07) is 14.4. The van der Waals surface area contributed by atoms with Crippen molar-refractivity contribution in [2.45, 2.75) is 32.6 Å². The van der Waals surface area contributed by atoms with Crippen molar-refractivity contribution in [3.8, 4) is 5.75 Å². The molecule has 0 bridgehead atoms. The number of hydrogen-bond acceptors (Lipinski definition) is 4. The minimum atomic E-state index is -0.350. The molecular formula is C25H34FN3O2. The van der Waals surface area contributed by atoms with Gasteiger partial charge in [-0.2, -0.15) is 0 Å². The first-order chi connectivity index (χ1) is 14.8. The molecule has 1 aliphatic rings. The zero-order chi connectivity index (χ0) is 22.3. The van der Waals surface area contributed by atoms with Crippen LogP contribution in [0, 0.1) is 5.82 Å². The summed E-state index contributed by atoms with van der Waals surface area (Å²) in [5, 5.41) is 2.76. The maximum absolute atomic E-state index is 13.2. The minimum Gasteiger partial charge on any atom is -0.494 e. The van der Waals surface area contributed by atoms with E-state index in [2.05, 4.69) is 48.0 Å². The number of piperazine rings is 1. The first-order valence-electron chi connectivity index (χ1n) is 11.0. The summed E-state index contributed by atoms with van der Waals surface area (Å²) < 4.78 is 19.1. The van der Waals surface area contributed by atoms with Gasteiger partial charge in [0.05, 0.1) is 13.2 Å². The lowest BCUT2D eigenvalue weighted by molar-refractivity contribution is -0.117. The fraction of sp³-hybridized carbons (Fsp3) is 0.480. The molecule has 1 heterocycles. The van der Waals surface area contributed by atoms with E-state index in [-0.39, 0.29) is 17.1 Å². The number of benzene rings is 2. The Morgan fingerprint density at radius 2 is 1.71 bits per heavy atom. The predicted octanol–water partition coefficient (Wildman–Crippen LogP) is 4.15. The van der Waals surface area contributed by atoms with Crippen LogP contribution in [0.4, 0.5) is 10.1 Å². The van der Waals surface area contributed by atoms with E-state index in [1.165, 1.54) is 17.7 Å². The monoisotopic (exact) mass is 427 g/mol. The van der Waals surface area contributed by atoms with E-state index in [1.54, 1.807) is 12.1 Å². The number of nitrogens with one attached hydrogen (secondary N) is 1. The Hall–Kier alpha value is -2.44. The molecule has 0 aliphatic carbocycles. The van der Waals surface area contributed by atoms with Crippen LogP contribution in [0.15, 0.2) is 48.5 Å². The topological polar surface area (TPSA) is 44.8 Å². The van der Waals surface area contributed by atoms with Crippen molar-refractivity contribution in [1.29, 1.82) is 0 Å². The largest absolute Gasteiger partial charge is 0.494 e. The summed E-state index contributed by atoms with van der Waals surface area (Å²) in [4.78, 5) is 16.7. The van der Waals surface area contributed by atoms with Gasteiger partial charge in [-0.05, 0) is 47.7 Å². The first-order valence-corrected chi connectivity index (χ1v) is 11.0. The van der Waals surface area contributed by atoms with Crippen LogP contribution in [0.25, 0.3) is 0 Å². The van der Waals surface area contributed by atoms with Crippen molar-refractivity contribution in [3.05, 3.63) is 59.9 Å². The highest BCUT2D eigenvalue weighted by Gasteiger charge is 2.19. The van der Waals surface area contributed by atoms with Crippen molar-refractivity contribution in [1.82, 2.24) is 9.80 Å². The van der Waals surface area contributed by atoms with Crippen LogP contribution in [-0.2, 0) is 10.2 Å². The Morgan fingerprint density at radius 3 is 2.35 bits per heavy atom. The molecule has 6 heteroatoms. The Balaban J connectivity index is 1.30. The lowest BCUT2D eigenvalue weighted by Crippen LogP contribution is -2.48. The van der Waals surface area contributed by atoms with Crippen molar-refractivity contribution in [3.63, 3.8) is 0 Å². The Kier molecular flexibility index (Phi) is 8.04. The van der Waals surface area contributed by atoms with Crippen LogP contribution in [-0.4, -0.2) is 61.6 Å². The number of rotatable bonds is 8. The van der Waals surface area contributed by atoms with Crippen molar-refractivity contribution in [2.24, 2.45) is 0 Å². The number of hydrogen-bond donors (Lipinski definition) is 1. The first kappa shape index (κ1) is 23.2. The number of halogens is 1. The third kappa shape index (κ3) is 7.64.